The molecule has 19 heavy (non-hydrogen) atoms. The van der Waals surface area contributed by atoms with Gasteiger partial charge in [0.15, 0.2) is 0 Å². The third-order valence-corrected chi connectivity index (χ3v) is 3.27. The van der Waals surface area contributed by atoms with Crippen molar-refractivity contribution in [3.8, 4) is 0 Å². The topological polar surface area (TPSA) is 87.7 Å². The molecule has 0 saturated carbocycles. The van der Waals surface area contributed by atoms with Crippen LogP contribution in [0.15, 0.2) is 0 Å². The highest BCUT2D eigenvalue weighted by atomic mass is 16.5. The molecule has 0 atom stereocenters. The van der Waals surface area contributed by atoms with Crippen LogP contribution in [0, 0.1) is 0 Å². The number of amides is 1. The number of carbonyl (C=O) groups is 2. The molecule has 110 valence electrons. The van der Waals surface area contributed by atoms with Crippen LogP contribution in [0.5, 0.6) is 0 Å². The van der Waals surface area contributed by atoms with Gasteiger partial charge in [0.1, 0.15) is 5.54 Å². The van der Waals surface area contributed by atoms with Crippen LogP contribution in [0.2, 0.25) is 0 Å². The van der Waals surface area contributed by atoms with E-state index >= 15 is 0 Å². The summed E-state index contributed by atoms with van der Waals surface area (Å²) in [6, 6.07) is 0.393. The predicted octanol–water partition coefficient (Wildman–Crippen LogP) is 0.515. The number of hydrogen-bond donors (Lipinski definition) is 3. The van der Waals surface area contributed by atoms with Gasteiger partial charge < -0.3 is 20.5 Å². The molecule has 0 aliphatic carbocycles. The third kappa shape index (κ3) is 5.16. The molecule has 1 saturated heterocycles. The SMILES string of the molecule is CC(C)NCCCC(=O)NC1(C(=O)O)CCOCC1. The predicted molar refractivity (Wildman–Crippen MR) is 70.9 cm³/mol. The molecule has 1 aliphatic rings. The van der Waals surface area contributed by atoms with Gasteiger partial charge in [0, 0.05) is 38.5 Å². The number of nitrogens with one attached hydrogen (secondary N) is 2. The molecule has 0 radical (unpaired) electrons. The number of hydrogen-bond acceptors (Lipinski definition) is 4. The fourth-order valence-corrected chi connectivity index (χ4v) is 2.08. The lowest BCUT2D eigenvalue weighted by Gasteiger charge is -2.33. The van der Waals surface area contributed by atoms with E-state index in [1.165, 1.54) is 0 Å². The van der Waals surface area contributed by atoms with Crippen molar-refractivity contribution in [1.29, 1.82) is 0 Å². The molecule has 1 aliphatic heterocycles. The molecule has 0 spiro atoms. The molecule has 6 heteroatoms. The molecule has 1 amide bonds. The monoisotopic (exact) mass is 272 g/mol. The highest BCUT2D eigenvalue weighted by Crippen LogP contribution is 2.21. The minimum Gasteiger partial charge on any atom is -0.480 e. The number of rotatable bonds is 7. The summed E-state index contributed by atoms with van der Waals surface area (Å²) in [4.78, 5) is 23.2. The van der Waals surface area contributed by atoms with E-state index in [0.29, 0.717) is 44.9 Å². The maximum Gasteiger partial charge on any atom is 0.329 e. The zero-order valence-electron chi connectivity index (χ0n) is 11.7. The number of aliphatic carboxylic acids is 1. The minimum absolute atomic E-state index is 0.199. The first kappa shape index (κ1) is 15.9. The average Bonchev–Trinajstić information content (AvgIpc) is 2.35. The lowest BCUT2D eigenvalue weighted by Crippen LogP contribution is -2.57. The lowest BCUT2D eigenvalue weighted by molar-refractivity contribution is -0.152. The van der Waals surface area contributed by atoms with Crippen LogP contribution in [0.3, 0.4) is 0 Å². The quantitative estimate of drug-likeness (QED) is 0.588. The van der Waals surface area contributed by atoms with Crippen LogP contribution >= 0.6 is 0 Å². The zero-order valence-corrected chi connectivity index (χ0v) is 11.7. The summed E-state index contributed by atoms with van der Waals surface area (Å²) < 4.78 is 5.16. The molecule has 1 rings (SSSR count). The lowest BCUT2D eigenvalue weighted by atomic mass is 9.90. The number of carboxylic acid groups (broad SMARTS) is 1. The van der Waals surface area contributed by atoms with E-state index in [1.54, 1.807) is 0 Å². The van der Waals surface area contributed by atoms with Gasteiger partial charge in [-0.3, -0.25) is 4.79 Å². The highest BCUT2D eigenvalue weighted by Gasteiger charge is 2.41. The first-order chi connectivity index (χ1) is 8.96. The van der Waals surface area contributed by atoms with E-state index in [1.807, 2.05) is 13.8 Å². The van der Waals surface area contributed by atoms with Crippen LogP contribution in [0.25, 0.3) is 0 Å². The molecule has 0 aromatic heterocycles. The molecular formula is C13H24N2O4. The van der Waals surface area contributed by atoms with Gasteiger partial charge in [-0.25, -0.2) is 4.79 Å². The molecule has 0 aromatic rings. The number of ether oxygens (including phenoxy) is 1. The average molecular weight is 272 g/mol. The minimum atomic E-state index is -1.14. The number of carboxylic acids is 1. The maximum atomic E-state index is 11.8. The Labute approximate surface area is 113 Å². The van der Waals surface area contributed by atoms with Gasteiger partial charge in [0.05, 0.1) is 0 Å². The van der Waals surface area contributed by atoms with Crippen LogP contribution in [0.1, 0.15) is 39.5 Å². The van der Waals surface area contributed by atoms with Gasteiger partial charge >= 0.3 is 5.97 Å². The Kier molecular flexibility index (Phi) is 6.24. The summed E-state index contributed by atoms with van der Waals surface area (Å²) >= 11 is 0. The Bertz CT molecular complexity index is 312. The Hall–Kier alpha value is -1.14. The Morgan fingerprint density at radius 2 is 1.95 bits per heavy atom. The number of carbonyl (C=O) groups excluding carboxylic acids is 1. The molecule has 0 unspecified atom stereocenters. The van der Waals surface area contributed by atoms with Crippen LogP contribution in [0.4, 0.5) is 0 Å². The summed E-state index contributed by atoms with van der Waals surface area (Å²) in [6.07, 6.45) is 1.71. The smallest absolute Gasteiger partial charge is 0.329 e. The van der Waals surface area contributed by atoms with Crippen molar-refractivity contribution in [2.75, 3.05) is 19.8 Å². The summed E-state index contributed by atoms with van der Waals surface area (Å²) in [5.74, 6) is -1.17. The van der Waals surface area contributed by atoms with Crippen molar-refractivity contribution < 1.29 is 19.4 Å². The standard InChI is InChI=1S/C13H24N2O4/c1-10(2)14-7-3-4-11(16)15-13(12(17)18)5-8-19-9-6-13/h10,14H,3-9H2,1-2H3,(H,15,16)(H,17,18). The van der Waals surface area contributed by atoms with E-state index < -0.39 is 11.5 Å². The molecule has 1 heterocycles. The fourth-order valence-electron chi connectivity index (χ4n) is 2.08. The van der Waals surface area contributed by atoms with Gasteiger partial charge in [-0.05, 0) is 13.0 Å². The van der Waals surface area contributed by atoms with E-state index in [-0.39, 0.29) is 5.91 Å². The van der Waals surface area contributed by atoms with Crippen molar-refractivity contribution in [3.63, 3.8) is 0 Å². The second kappa shape index (κ2) is 7.45. The summed E-state index contributed by atoms with van der Waals surface area (Å²) in [6.45, 7) is 5.60. The van der Waals surface area contributed by atoms with Crippen LogP contribution in [-0.2, 0) is 14.3 Å². The Morgan fingerprint density at radius 1 is 1.32 bits per heavy atom. The van der Waals surface area contributed by atoms with Gasteiger partial charge in [-0.15, -0.1) is 0 Å². The van der Waals surface area contributed by atoms with Gasteiger partial charge in [0.2, 0.25) is 5.91 Å². The first-order valence-corrected chi connectivity index (χ1v) is 6.82. The van der Waals surface area contributed by atoms with Gasteiger partial charge in [0.25, 0.3) is 0 Å². The molecule has 1 fully saturated rings. The van der Waals surface area contributed by atoms with Gasteiger partial charge in [-0.1, -0.05) is 13.8 Å². The van der Waals surface area contributed by atoms with Crippen molar-refractivity contribution in [3.05, 3.63) is 0 Å². The Balaban J connectivity index is 2.37. The highest BCUT2D eigenvalue weighted by molar-refractivity contribution is 5.87. The first-order valence-electron chi connectivity index (χ1n) is 6.82. The molecule has 3 N–H and O–H groups in total. The second-order valence-corrected chi connectivity index (χ2v) is 5.26. The fraction of sp³-hybridized carbons (Fsp3) is 0.846. The van der Waals surface area contributed by atoms with E-state index in [0.717, 1.165) is 6.54 Å². The zero-order chi connectivity index (χ0) is 14.3. The molecule has 0 bridgehead atoms. The third-order valence-electron chi connectivity index (χ3n) is 3.27. The summed E-state index contributed by atoms with van der Waals surface area (Å²) in [5.41, 5.74) is -1.14. The van der Waals surface area contributed by atoms with Crippen molar-refractivity contribution in [2.45, 2.75) is 51.1 Å². The summed E-state index contributed by atoms with van der Waals surface area (Å²) in [5, 5.41) is 15.2. The molecule has 0 aromatic carbocycles. The van der Waals surface area contributed by atoms with Crippen LogP contribution < -0.4 is 10.6 Å². The second-order valence-electron chi connectivity index (χ2n) is 5.26. The van der Waals surface area contributed by atoms with Crippen molar-refractivity contribution >= 4 is 11.9 Å². The Morgan fingerprint density at radius 3 is 2.47 bits per heavy atom. The van der Waals surface area contributed by atoms with E-state index in [9.17, 15) is 14.7 Å². The van der Waals surface area contributed by atoms with Crippen LogP contribution in [-0.4, -0.2) is 48.3 Å². The largest absolute Gasteiger partial charge is 0.480 e. The van der Waals surface area contributed by atoms with E-state index in [4.69, 9.17) is 4.74 Å². The van der Waals surface area contributed by atoms with Gasteiger partial charge in [-0.2, -0.15) is 0 Å². The normalized spacial score (nSPS) is 18.3. The van der Waals surface area contributed by atoms with E-state index in [2.05, 4.69) is 10.6 Å². The van der Waals surface area contributed by atoms with Crippen molar-refractivity contribution in [2.24, 2.45) is 0 Å². The maximum absolute atomic E-state index is 11.8. The molecule has 6 nitrogen and oxygen atoms in total. The van der Waals surface area contributed by atoms with Crippen molar-refractivity contribution in [1.82, 2.24) is 10.6 Å². The molecular weight excluding hydrogens is 248 g/mol. The summed E-state index contributed by atoms with van der Waals surface area (Å²) in [7, 11) is 0.